The van der Waals surface area contributed by atoms with Crippen LogP contribution in [-0.2, 0) is 6.42 Å². The molecule has 9 heteroatoms. The van der Waals surface area contributed by atoms with E-state index < -0.39 is 12.1 Å². The summed E-state index contributed by atoms with van der Waals surface area (Å²) in [6, 6.07) is 21.5. The molecule has 0 saturated carbocycles. The highest BCUT2D eigenvalue weighted by molar-refractivity contribution is 6.00. The summed E-state index contributed by atoms with van der Waals surface area (Å²) in [5, 5.41) is 20.6. The third-order valence-corrected chi connectivity index (χ3v) is 7.28. The number of hydrogen-bond donors (Lipinski definition) is 4. The number of amides is 2. The molecule has 0 aliphatic rings. The second-order valence-corrected chi connectivity index (χ2v) is 10.7. The molecule has 4 N–H and O–H groups in total. The summed E-state index contributed by atoms with van der Waals surface area (Å²) in [7, 11) is 1.63. The Morgan fingerprint density at radius 2 is 1.60 bits per heavy atom. The first-order valence-electron chi connectivity index (χ1n) is 14.3. The number of ether oxygens (including phenoxy) is 1. The number of nitrogens with one attached hydrogen (secondary N) is 3. The van der Waals surface area contributed by atoms with Crippen molar-refractivity contribution in [2.45, 2.75) is 51.4 Å². The number of methoxy groups -OCH3 is 1. The van der Waals surface area contributed by atoms with Gasteiger partial charge in [0.15, 0.2) is 0 Å². The number of carbonyl (C=O) groups excluding carboxylic acids is 2. The number of aliphatic hydroxyl groups is 1. The van der Waals surface area contributed by atoms with Crippen LogP contribution in [0.2, 0.25) is 0 Å². The SMILES string of the molecule is COc1cccc([C@@H](C)NC[C@@H](O)[C@H](Cc2ccccc2)NC(=O)c2cc(C)cc(C(=O)NC(C)c3cnccn3)c2)c1. The molecular formula is C34H39N5O4. The topological polar surface area (TPSA) is 125 Å². The summed E-state index contributed by atoms with van der Waals surface area (Å²) in [6.07, 6.45) is 4.28. The first kappa shape index (κ1) is 31.3. The minimum Gasteiger partial charge on any atom is -0.497 e. The zero-order chi connectivity index (χ0) is 30.8. The lowest BCUT2D eigenvalue weighted by atomic mass is 9.99. The Balaban J connectivity index is 1.47. The molecule has 1 unspecified atom stereocenters. The van der Waals surface area contributed by atoms with Gasteiger partial charge in [0.25, 0.3) is 11.8 Å². The third kappa shape index (κ3) is 8.94. The molecule has 0 aliphatic carbocycles. The van der Waals surface area contributed by atoms with E-state index in [4.69, 9.17) is 4.74 Å². The van der Waals surface area contributed by atoms with Gasteiger partial charge in [0.2, 0.25) is 0 Å². The smallest absolute Gasteiger partial charge is 0.251 e. The molecule has 0 spiro atoms. The van der Waals surface area contributed by atoms with Gasteiger partial charge in [-0.15, -0.1) is 0 Å². The summed E-state index contributed by atoms with van der Waals surface area (Å²) in [5.41, 5.74) is 4.09. The molecule has 0 radical (unpaired) electrons. The molecule has 1 aromatic heterocycles. The molecule has 0 bridgehead atoms. The summed E-state index contributed by atoms with van der Waals surface area (Å²) in [6.45, 7) is 5.92. The summed E-state index contributed by atoms with van der Waals surface area (Å²) in [5.74, 6) is 0.0587. The van der Waals surface area contributed by atoms with Crippen molar-refractivity contribution in [2.24, 2.45) is 0 Å². The molecule has 4 atom stereocenters. The minimum absolute atomic E-state index is 0.0556. The number of carbonyl (C=O) groups is 2. The molecule has 2 amide bonds. The van der Waals surface area contributed by atoms with Gasteiger partial charge < -0.3 is 25.8 Å². The van der Waals surface area contributed by atoms with E-state index >= 15 is 0 Å². The van der Waals surface area contributed by atoms with E-state index in [1.165, 1.54) is 0 Å². The second kappa shape index (κ2) is 15.0. The Labute approximate surface area is 252 Å². The van der Waals surface area contributed by atoms with E-state index in [-0.39, 0.29) is 30.4 Å². The highest BCUT2D eigenvalue weighted by Gasteiger charge is 2.24. The average Bonchev–Trinajstić information content (AvgIpc) is 3.03. The van der Waals surface area contributed by atoms with Crippen LogP contribution in [0, 0.1) is 6.92 Å². The van der Waals surface area contributed by atoms with Crippen molar-refractivity contribution < 1.29 is 19.4 Å². The van der Waals surface area contributed by atoms with E-state index in [0.717, 1.165) is 22.4 Å². The first-order chi connectivity index (χ1) is 20.7. The highest BCUT2D eigenvalue weighted by atomic mass is 16.5. The minimum atomic E-state index is -0.891. The van der Waals surface area contributed by atoms with Gasteiger partial charge in [-0.25, -0.2) is 0 Å². The Hall–Kier alpha value is -4.60. The maximum Gasteiger partial charge on any atom is 0.251 e. The van der Waals surface area contributed by atoms with Crippen LogP contribution in [0.5, 0.6) is 5.75 Å². The summed E-state index contributed by atoms with van der Waals surface area (Å²) >= 11 is 0. The van der Waals surface area contributed by atoms with Crippen LogP contribution in [0.1, 0.15) is 69.0 Å². The Morgan fingerprint density at radius 1 is 0.884 bits per heavy atom. The lowest BCUT2D eigenvalue weighted by molar-refractivity contribution is 0.0825. The van der Waals surface area contributed by atoms with Gasteiger partial charge in [0, 0.05) is 36.1 Å². The van der Waals surface area contributed by atoms with Crippen molar-refractivity contribution in [3.63, 3.8) is 0 Å². The molecule has 0 aliphatic heterocycles. The van der Waals surface area contributed by atoms with Crippen LogP contribution in [-0.4, -0.2) is 52.7 Å². The second-order valence-electron chi connectivity index (χ2n) is 10.7. The standard InChI is InChI=1S/C34H39N5O4/c1-22-15-27(33(41)38-24(3)31-20-35-13-14-36-31)18-28(16-22)34(42)39-30(17-25-9-6-5-7-10-25)32(40)21-37-23(2)26-11-8-12-29(19-26)43-4/h5-16,18-20,23-24,30,32,37,40H,17,21H2,1-4H3,(H,38,41)(H,39,42)/t23-,24?,30+,32-/m1/s1. The lowest BCUT2D eigenvalue weighted by Gasteiger charge is -2.26. The summed E-state index contributed by atoms with van der Waals surface area (Å²) in [4.78, 5) is 34.9. The number of benzene rings is 3. The predicted octanol–water partition coefficient (Wildman–Crippen LogP) is 4.34. The lowest BCUT2D eigenvalue weighted by Crippen LogP contribution is -2.49. The van der Waals surface area contributed by atoms with Crippen LogP contribution >= 0.6 is 0 Å². The Kier molecular flexibility index (Phi) is 11.0. The van der Waals surface area contributed by atoms with Crippen molar-refractivity contribution in [1.82, 2.24) is 25.9 Å². The molecule has 1 heterocycles. The fourth-order valence-electron chi connectivity index (χ4n) is 4.80. The van der Waals surface area contributed by atoms with E-state index in [0.29, 0.717) is 23.2 Å². The van der Waals surface area contributed by atoms with Gasteiger partial charge in [-0.1, -0.05) is 42.5 Å². The number of nitrogens with zero attached hydrogens (tertiary/aromatic N) is 2. The fourth-order valence-corrected chi connectivity index (χ4v) is 4.80. The maximum absolute atomic E-state index is 13.5. The van der Waals surface area contributed by atoms with Gasteiger partial charge in [-0.05, 0) is 74.2 Å². The molecule has 4 rings (SSSR count). The zero-order valence-electron chi connectivity index (χ0n) is 25.0. The monoisotopic (exact) mass is 581 g/mol. The van der Waals surface area contributed by atoms with Crippen molar-refractivity contribution in [1.29, 1.82) is 0 Å². The van der Waals surface area contributed by atoms with Gasteiger partial charge in [-0.3, -0.25) is 19.6 Å². The highest BCUT2D eigenvalue weighted by Crippen LogP contribution is 2.19. The molecule has 9 nitrogen and oxygen atoms in total. The van der Waals surface area contributed by atoms with Crippen LogP contribution in [0.3, 0.4) is 0 Å². The zero-order valence-corrected chi connectivity index (χ0v) is 25.0. The van der Waals surface area contributed by atoms with Gasteiger partial charge >= 0.3 is 0 Å². The Morgan fingerprint density at radius 3 is 2.28 bits per heavy atom. The van der Waals surface area contributed by atoms with Gasteiger partial charge in [-0.2, -0.15) is 0 Å². The van der Waals surface area contributed by atoms with Crippen molar-refractivity contribution in [2.75, 3.05) is 13.7 Å². The largest absolute Gasteiger partial charge is 0.497 e. The van der Waals surface area contributed by atoms with Crippen molar-refractivity contribution in [3.05, 3.63) is 125 Å². The van der Waals surface area contributed by atoms with E-state index in [1.54, 1.807) is 43.9 Å². The van der Waals surface area contributed by atoms with Gasteiger partial charge in [0.1, 0.15) is 5.75 Å². The first-order valence-corrected chi connectivity index (χ1v) is 14.3. The number of aliphatic hydroxyl groups excluding tert-OH is 1. The normalized spacial score (nSPS) is 13.8. The average molecular weight is 582 g/mol. The molecule has 224 valence electrons. The molecule has 0 saturated heterocycles. The molecule has 4 aromatic rings. The quantitative estimate of drug-likeness (QED) is 0.185. The fraction of sp³-hybridized carbons (Fsp3) is 0.294. The number of aromatic nitrogens is 2. The third-order valence-electron chi connectivity index (χ3n) is 7.28. The van der Waals surface area contributed by atoms with E-state index in [2.05, 4.69) is 25.9 Å². The van der Waals surface area contributed by atoms with E-state index in [1.807, 2.05) is 75.4 Å². The van der Waals surface area contributed by atoms with E-state index in [9.17, 15) is 14.7 Å². The predicted molar refractivity (Wildman–Crippen MR) is 166 cm³/mol. The molecular weight excluding hydrogens is 542 g/mol. The number of aryl methyl sites for hydroxylation is 1. The number of hydrogen-bond acceptors (Lipinski definition) is 7. The van der Waals surface area contributed by atoms with Crippen LogP contribution in [0.4, 0.5) is 0 Å². The molecule has 0 fully saturated rings. The van der Waals surface area contributed by atoms with Crippen molar-refractivity contribution in [3.8, 4) is 5.75 Å². The van der Waals surface area contributed by atoms with Crippen LogP contribution < -0.4 is 20.7 Å². The van der Waals surface area contributed by atoms with Crippen LogP contribution in [0.25, 0.3) is 0 Å². The van der Waals surface area contributed by atoms with Crippen molar-refractivity contribution >= 4 is 11.8 Å². The maximum atomic E-state index is 13.5. The number of rotatable bonds is 13. The Bertz CT molecular complexity index is 1500. The van der Waals surface area contributed by atoms with Crippen LogP contribution in [0.15, 0.2) is 91.4 Å². The summed E-state index contributed by atoms with van der Waals surface area (Å²) < 4.78 is 5.34. The van der Waals surface area contributed by atoms with Gasteiger partial charge in [0.05, 0.1) is 37.2 Å². The molecule has 43 heavy (non-hydrogen) atoms. The molecule has 3 aromatic carbocycles.